The van der Waals surface area contributed by atoms with E-state index in [0.717, 1.165) is 47.6 Å². The van der Waals surface area contributed by atoms with Gasteiger partial charge in [0.15, 0.2) is 0 Å². The number of anilines is 1. The normalized spacial score (nSPS) is 12.7. The van der Waals surface area contributed by atoms with E-state index < -0.39 is 29.7 Å². The molecule has 1 heterocycles. The molecule has 41 heavy (non-hydrogen) atoms. The first-order valence-electron chi connectivity index (χ1n) is 14.1. The number of fused-ring (bicyclic) bond motifs is 1. The topological polar surface area (TPSA) is 77.5 Å². The van der Waals surface area contributed by atoms with Gasteiger partial charge in [0.2, 0.25) is 0 Å². The number of hydrogen-bond acceptors (Lipinski definition) is 5. The number of aliphatic hydroxyl groups excluding tert-OH is 1. The average Bonchev–Trinajstić information content (AvgIpc) is 2.95. The SMILES string of the molecule is CCCN(C)c1nccc2ccc(C(=O)N[C@@H](Cc3cc(F)cc(F)c3)[C@H](O)CNCc3cccc(CC)c3)cc12. The van der Waals surface area contributed by atoms with E-state index in [-0.39, 0.29) is 13.0 Å². The third-order valence-electron chi connectivity index (χ3n) is 7.17. The second-order valence-electron chi connectivity index (χ2n) is 10.4. The van der Waals surface area contributed by atoms with Crippen LogP contribution >= 0.6 is 0 Å². The molecule has 1 aromatic heterocycles. The first-order valence-corrected chi connectivity index (χ1v) is 14.1. The largest absolute Gasteiger partial charge is 0.390 e. The number of hydrogen-bond donors (Lipinski definition) is 3. The van der Waals surface area contributed by atoms with Crippen LogP contribution in [0.4, 0.5) is 14.6 Å². The Labute approximate surface area is 240 Å². The molecule has 0 aliphatic heterocycles. The summed E-state index contributed by atoms with van der Waals surface area (Å²) < 4.78 is 27.9. The molecule has 0 bridgehead atoms. The lowest BCUT2D eigenvalue weighted by atomic mass is 9.99. The van der Waals surface area contributed by atoms with E-state index in [9.17, 15) is 18.7 Å². The summed E-state index contributed by atoms with van der Waals surface area (Å²) in [6.45, 7) is 5.71. The fourth-order valence-electron chi connectivity index (χ4n) is 5.02. The number of nitrogens with zero attached hydrogens (tertiary/aromatic N) is 2. The van der Waals surface area contributed by atoms with Gasteiger partial charge < -0.3 is 20.6 Å². The van der Waals surface area contributed by atoms with Crippen LogP contribution in [0.5, 0.6) is 0 Å². The predicted octanol–water partition coefficient (Wildman–Crippen LogP) is 5.41. The highest BCUT2D eigenvalue weighted by Gasteiger charge is 2.23. The van der Waals surface area contributed by atoms with Crippen molar-refractivity contribution in [2.24, 2.45) is 0 Å². The summed E-state index contributed by atoms with van der Waals surface area (Å²) in [5.41, 5.74) is 3.05. The number of nitrogens with one attached hydrogen (secondary N) is 2. The van der Waals surface area contributed by atoms with E-state index in [2.05, 4.69) is 46.5 Å². The number of aryl methyl sites for hydroxylation is 1. The number of amides is 1. The van der Waals surface area contributed by atoms with Crippen LogP contribution in [-0.4, -0.2) is 48.3 Å². The van der Waals surface area contributed by atoms with Gasteiger partial charge in [-0.1, -0.05) is 44.2 Å². The van der Waals surface area contributed by atoms with Gasteiger partial charge in [0.1, 0.15) is 17.5 Å². The molecule has 216 valence electrons. The zero-order valence-electron chi connectivity index (χ0n) is 23.8. The van der Waals surface area contributed by atoms with Crippen LogP contribution in [0.15, 0.2) is 72.9 Å². The molecule has 0 unspecified atom stereocenters. The van der Waals surface area contributed by atoms with Crippen LogP contribution in [0.25, 0.3) is 10.8 Å². The van der Waals surface area contributed by atoms with Gasteiger partial charge in [-0.25, -0.2) is 13.8 Å². The molecule has 3 aromatic carbocycles. The van der Waals surface area contributed by atoms with Crippen LogP contribution in [0.2, 0.25) is 0 Å². The van der Waals surface area contributed by atoms with Gasteiger partial charge in [0.25, 0.3) is 5.91 Å². The van der Waals surface area contributed by atoms with Crippen LogP contribution < -0.4 is 15.5 Å². The molecule has 8 heteroatoms. The molecule has 4 rings (SSSR count). The van der Waals surface area contributed by atoms with Crippen molar-refractivity contribution in [3.8, 4) is 0 Å². The Hall–Kier alpha value is -3.88. The van der Waals surface area contributed by atoms with Crippen molar-refractivity contribution in [3.05, 3.63) is 107 Å². The quantitative estimate of drug-likeness (QED) is 0.204. The van der Waals surface area contributed by atoms with E-state index in [1.54, 1.807) is 18.3 Å². The Morgan fingerprint density at radius 2 is 1.73 bits per heavy atom. The number of carbonyl (C=O) groups is 1. The van der Waals surface area contributed by atoms with Gasteiger partial charge in [0.05, 0.1) is 12.1 Å². The minimum atomic E-state index is -1.02. The first kappa shape index (κ1) is 30.1. The Morgan fingerprint density at radius 1 is 0.976 bits per heavy atom. The smallest absolute Gasteiger partial charge is 0.251 e. The second-order valence-corrected chi connectivity index (χ2v) is 10.4. The number of aliphatic hydroxyl groups is 1. The van der Waals surface area contributed by atoms with Gasteiger partial charge in [-0.3, -0.25) is 4.79 Å². The lowest BCUT2D eigenvalue weighted by Crippen LogP contribution is -2.48. The minimum absolute atomic E-state index is 0.0498. The second kappa shape index (κ2) is 14.1. The van der Waals surface area contributed by atoms with Gasteiger partial charge in [-0.15, -0.1) is 0 Å². The average molecular weight is 561 g/mol. The molecule has 0 saturated heterocycles. The van der Waals surface area contributed by atoms with Crippen LogP contribution in [-0.2, 0) is 19.4 Å². The standard InChI is InChI=1S/C33H38F2N4O2/c1-4-13-39(3)32-29-18-26(10-9-25(29)11-12-37-32)33(41)38-30(17-24-15-27(34)19-28(35)16-24)31(40)21-36-20-23-8-6-7-22(5-2)14-23/h6-12,14-16,18-19,30-31,36,40H,4-5,13,17,20-21H2,1-3H3,(H,38,41)/t30-,31+/m0/s1. The zero-order valence-corrected chi connectivity index (χ0v) is 23.8. The van der Waals surface area contributed by atoms with Crippen LogP contribution in [0.3, 0.4) is 0 Å². The molecule has 0 fully saturated rings. The summed E-state index contributed by atoms with van der Waals surface area (Å²) in [5, 5.41) is 19.1. The van der Waals surface area contributed by atoms with Crippen LogP contribution in [0.1, 0.15) is 47.3 Å². The van der Waals surface area contributed by atoms with Crippen molar-refractivity contribution in [2.75, 3.05) is 25.0 Å². The Balaban J connectivity index is 1.54. The molecular weight excluding hydrogens is 522 g/mol. The molecule has 0 aliphatic carbocycles. The number of halogens is 2. The highest BCUT2D eigenvalue weighted by Crippen LogP contribution is 2.25. The van der Waals surface area contributed by atoms with Crippen molar-refractivity contribution in [1.29, 1.82) is 0 Å². The summed E-state index contributed by atoms with van der Waals surface area (Å²) in [6.07, 6.45) is 2.66. The lowest BCUT2D eigenvalue weighted by Gasteiger charge is -2.25. The van der Waals surface area contributed by atoms with Crippen LogP contribution in [0, 0.1) is 11.6 Å². The first-order chi connectivity index (χ1) is 19.8. The van der Waals surface area contributed by atoms with Crippen molar-refractivity contribution >= 4 is 22.5 Å². The number of aromatic nitrogens is 1. The summed E-state index contributed by atoms with van der Waals surface area (Å²) in [5.74, 6) is -1.03. The number of benzene rings is 3. The summed E-state index contributed by atoms with van der Waals surface area (Å²) >= 11 is 0. The maximum atomic E-state index is 14.0. The van der Waals surface area contributed by atoms with Gasteiger partial charge >= 0.3 is 0 Å². The molecule has 0 spiro atoms. The maximum Gasteiger partial charge on any atom is 0.251 e. The van der Waals surface area contributed by atoms with Crippen molar-refractivity contribution < 1.29 is 18.7 Å². The van der Waals surface area contributed by atoms with Crippen molar-refractivity contribution in [1.82, 2.24) is 15.6 Å². The zero-order chi connectivity index (χ0) is 29.4. The third-order valence-corrected chi connectivity index (χ3v) is 7.17. The van der Waals surface area contributed by atoms with Crippen molar-refractivity contribution in [2.45, 2.75) is 51.8 Å². The fourth-order valence-corrected chi connectivity index (χ4v) is 5.02. The molecule has 0 radical (unpaired) electrons. The highest BCUT2D eigenvalue weighted by atomic mass is 19.1. The molecule has 0 aliphatic rings. The Morgan fingerprint density at radius 3 is 2.46 bits per heavy atom. The maximum absolute atomic E-state index is 14.0. The molecule has 2 atom stereocenters. The summed E-state index contributed by atoms with van der Waals surface area (Å²) in [4.78, 5) is 20.1. The molecule has 1 amide bonds. The fraction of sp³-hybridized carbons (Fsp3) is 0.333. The van der Waals surface area contributed by atoms with E-state index in [4.69, 9.17) is 0 Å². The van der Waals surface area contributed by atoms with Gasteiger partial charge in [-0.05, 0) is 71.7 Å². The van der Waals surface area contributed by atoms with E-state index in [1.165, 1.54) is 17.7 Å². The molecule has 0 saturated carbocycles. The molecule has 3 N–H and O–H groups in total. The molecule has 6 nitrogen and oxygen atoms in total. The van der Waals surface area contributed by atoms with E-state index in [0.29, 0.717) is 17.7 Å². The van der Waals surface area contributed by atoms with Crippen molar-refractivity contribution in [3.63, 3.8) is 0 Å². The Kier molecular flexibility index (Phi) is 10.4. The number of carbonyl (C=O) groups excluding carboxylic acids is 1. The monoisotopic (exact) mass is 560 g/mol. The minimum Gasteiger partial charge on any atom is -0.390 e. The third kappa shape index (κ3) is 8.08. The van der Waals surface area contributed by atoms with Gasteiger partial charge in [-0.2, -0.15) is 0 Å². The lowest BCUT2D eigenvalue weighted by molar-refractivity contribution is 0.0830. The summed E-state index contributed by atoms with van der Waals surface area (Å²) in [6, 6.07) is 17.9. The Bertz CT molecular complexity index is 1460. The van der Waals surface area contributed by atoms with Gasteiger partial charge in [0, 0.05) is 49.9 Å². The molecular formula is C33H38F2N4O2. The number of pyridine rings is 1. The summed E-state index contributed by atoms with van der Waals surface area (Å²) in [7, 11) is 1.97. The highest BCUT2D eigenvalue weighted by molar-refractivity contribution is 6.01. The number of rotatable bonds is 13. The predicted molar refractivity (Wildman–Crippen MR) is 160 cm³/mol. The molecule has 4 aromatic rings. The van der Waals surface area contributed by atoms with E-state index >= 15 is 0 Å². The van der Waals surface area contributed by atoms with E-state index in [1.807, 2.05) is 31.3 Å².